The number of hydrogen-bond acceptors (Lipinski definition) is 3. The van der Waals surface area contributed by atoms with E-state index in [2.05, 4.69) is 20.9 Å². The molecule has 1 heterocycles. The second kappa shape index (κ2) is 2.23. The highest BCUT2D eigenvalue weighted by molar-refractivity contribution is 9.10. The molecule has 4 heteroatoms. The summed E-state index contributed by atoms with van der Waals surface area (Å²) >= 11 is 3.01. The minimum Gasteiger partial charge on any atom is -0.504 e. The van der Waals surface area contributed by atoms with Crippen LogP contribution in [0.1, 0.15) is 0 Å². The van der Waals surface area contributed by atoms with Crippen molar-refractivity contribution in [2.75, 3.05) is 0 Å². The Balaban J connectivity index is 3.17. The molecule has 0 radical (unpaired) electrons. The zero-order chi connectivity index (χ0) is 6.85. The summed E-state index contributed by atoms with van der Waals surface area (Å²) in [5.41, 5.74) is 0. The van der Waals surface area contributed by atoms with Crippen molar-refractivity contribution in [1.29, 1.82) is 0 Å². The summed E-state index contributed by atoms with van der Waals surface area (Å²) in [7, 11) is 0. The van der Waals surface area contributed by atoms with E-state index in [0.29, 0.717) is 4.60 Å². The number of nitrogens with zero attached hydrogens (tertiary/aromatic N) is 1. The summed E-state index contributed by atoms with van der Waals surface area (Å²) in [4.78, 5) is 3.65. The molecule has 0 amide bonds. The first-order valence-corrected chi connectivity index (χ1v) is 3.03. The van der Waals surface area contributed by atoms with Gasteiger partial charge < -0.3 is 10.2 Å². The molecule has 0 fully saturated rings. The lowest BCUT2D eigenvalue weighted by Crippen LogP contribution is -1.73. The summed E-state index contributed by atoms with van der Waals surface area (Å²) in [6.45, 7) is 0. The predicted molar refractivity (Wildman–Crippen MR) is 35.3 cm³/mol. The standard InChI is InChI=1S/C5H4BrNO2/c6-5-1-3(8)4(9)2-7-5/h1-2,9H,(H,7,8). The maximum atomic E-state index is 8.78. The van der Waals surface area contributed by atoms with Gasteiger partial charge in [0.25, 0.3) is 0 Å². The fraction of sp³-hybridized carbons (Fsp3) is 0. The maximum Gasteiger partial charge on any atom is 0.176 e. The third-order valence-corrected chi connectivity index (χ3v) is 1.26. The van der Waals surface area contributed by atoms with Gasteiger partial charge >= 0.3 is 0 Å². The fourth-order valence-electron chi connectivity index (χ4n) is 0.413. The maximum absolute atomic E-state index is 8.78. The molecule has 0 saturated carbocycles. The van der Waals surface area contributed by atoms with E-state index < -0.39 is 0 Å². The highest BCUT2D eigenvalue weighted by atomic mass is 79.9. The van der Waals surface area contributed by atoms with Gasteiger partial charge in [-0.15, -0.1) is 0 Å². The van der Waals surface area contributed by atoms with Crippen molar-refractivity contribution in [2.45, 2.75) is 0 Å². The smallest absolute Gasteiger partial charge is 0.176 e. The van der Waals surface area contributed by atoms with Gasteiger partial charge in [0.2, 0.25) is 0 Å². The highest BCUT2D eigenvalue weighted by Gasteiger charge is 1.97. The molecule has 48 valence electrons. The second-order valence-corrected chi connectivity index (χ2v) is 2.31. The van der Waals surface area contributed by atoms with Gasteiger partial charge in [0.1, 0.15) is 4.60 Å². The molecule has 1 aromatic heterocycles. The number of aromatic hydroxyl groups is 2. The monoisotopic (exact) mass is 189 g/mol. The first kappa shape index (κ1) is 6.35. The Kier molecular flexibility index (Phi) is 1.57. The zero-order valence-electron chi connectivity index (χ0n) is 4.37. The lowest BCUT2D eigenvalue weighted by molar-refractivity contribution is 0.401. The van der Waals surface area contributed by atoms with E-state index in [0.717, 1.165) is 0 Å². The van der Waals surface area contributed by atoms with E-state index in [1.54, 1.807) is 0 Å². The lowest BCUT2D eigenvalue weighted by Gasteiger charge is -1.93. The van der Waals surface area contributed by atoms with E-state index in [4.69, 9.17) is 10.2 Å². The molecule has 0 aromatic carbocycles. The molecule has 0 bridgehead atoms. The minimum atomic E-state index is -0.210. The summed E-state index contributed by atoms with van der Waals surface area (Å²) in [5, 5.41) is 17.5. The van der Waals surface area contributed by atoms with Gasteiger partial charge in [-0.3, -0.25) is 0 Å². The van der Waals surface area contributed by atoms with Gasteiger partial charge in [0.15, 0.2) is 11.5 Å². The van der Waals surface area contributed by atoms with Gasteiger partial charge in [-0.2, -0.15) is 0 Å². The van der Waals surface area contributed by atoms with Crippen molar-refractivity contribution in [1.82, 2.24) is 4.98 Å². The molecule has 1 aromatic rings. The summed E-state index contributed by atoms with van der Waals surface area (Å²) in [5.74, 6) is -0.380. The van der Waals surface area contributed by atoms with Crippen molar-refractivity contribution in [3.63, 3.8) is 0 Å². The summed E-state index contributed by atoms with van der Waals surface area (Å²) < 4.78 is 0.498. The molecular weight excluding hydrogens is 186 g/mol. The molecule has 0 aliphatic rings. The minimum absolute atomic E-state index is 0.170. The topological polar surface area (TPSA) is 53.4 Å². The Morgan fingerprint density at radius 1 is 1.33 bits per heavy atom. The highest BCUT2D eigenvalue weighted by Crippen LogP contribution is 2.24. The first-order chi connectivity index (χ1) is 4.20. The Morgan fingerprint density at radius 3 is 2.44 bits per heavy atom. The SMILES string of the molecule is Oc1cnc(Br)cc1O. The number of aromatic nitrogens is 1. The second-order valence-electron chi connectivity index (χ2n) is 1.50. The van der Waals surface area contributed by atoms with Crippen LogP contribution in [0.3, 0.4) is 0 Å². The van der Waals surface area contributed by atoms with Crippen LogP contribution in [0, 0.1) is 0 Å². The Bertz CT molecular complexity index is 226. The Labute approximate surface area is 60.1 Å². The summed E-state index contributed by atoms with van der Waals surface area (Å²) in [6.07, 6.45) is 1.17. The van der Waals surface area contributed by atoms with Crippen molar-refractivity contribution < 1.29 is 10.2 Å². The third kappa shape index (κ3) is 1.32. The van der Waals surface area contributed by atoms with Crippen LogP contribution in [0.5, 0.6) is 11.5 Å². The van der Waals surface area contributed by atoms with E-state index in [1.165, 1.54) is 12.3 Å². The fourth-order valence-corrected chi connectivity index (χ4v) is 0.732. The van der Waals surface area contributed by atoms with Crippen LogP contribution >= 0.6 is 15.9 Å². The Morgan fingerprint density at radius 2 is 2.00 bits per heavy atom. The van der Waals surface area contributed by atoms with Crippen molar-refractivity contribution in [2.24, 2.45) is 0 Å². The molecule has 0 spiro atoms. The zero-order valence-corrected chi connectivity index (χ0v) is 5.96. The van der Waals surface area contributed by atoms with Crippen LogP contribution in [0.4, 0.5) is 0 Å². The van der Waals surface area contributed by atoms with Gasteiger partial charge in [0.05, 0.1) is 6.20 Å². The largest absolute Gasteiger partial charge is 0.504 e. The lowest BCUT2D eigenvalue weighted by atomic mass is 10.4. The summed E-state index contributed by atoms with van der Waals surface area (Å²) in [6, 6.07) is 1.31. The number of pyridine rings is 1. The first-order valence-electron chi connectivity index (χ1n) is 2.23. The molecule has 0 atom stereocenters. The molecule has 9 heavy (non-hydrogen) atoms. The molecule has 3 nitrogen and oxygen atoms in total. The average molecular weight is 190 g/mol. The predicted octanol–water partition coefficient (Wildman–Crippen LogP) is 1.26. The van der Waals surface area contributed by atoms with Gasteiger partial charge in [-0.05, 0) is 15.9 Å². The molecule has 0 saturated heterocycles. The van der Waals surface area contributed by atoms with Crippen LogP contribution in [0.25, 0.3) is 0 Å². The van der Waals surface area contributed by atoms with Crippen LogP contribution < -0.4 is 0 Å². The molecule has 2 N–H and O–H groups in total. The van der Waals surface area contributed by atoms with Gasteiger partial charge in [-0.1, -0.05) is 0 Å². The third-order valence-electron chi connectivity index (χ3n) is 0.828. The number of rotatable bonds is 0. The molecule has 0 aliphatic carbocycles. The van der Waals surface area contributed by atoms with Crippen molar-refractivity contribution >= 4 is 15.9 Å². The van der Waals surface area contributed by atoms with Crippen LogP contribution in [0.15, 0.2) is 16.9 Å². The molecule has 0 aliphatic heterocycles. The average Bonchev–Trinajstić information content (AvgIpc) is 1.80. The van der Waals surface area contributed by atoms with Crippen molar-refractivity contribution in [3.8, 4) is 11.5 Å². The van der Waals surface area contributed by atoms with Crippen LogP contribution in [-0.2, 0) is 0 Å². The van der Waals surface area contributed by atoms with Gasteiger partial charge in [0, 0.05) is 6.07 Å². The quantitative estimate of drug-likeness (QED) is 0.605. The number of hydrogen-bond donors (Lipinski definition) is 2. The molecule has 1 rings (SSSR count). The van der Waals surface area contributed by atoms with E-state index in [1.807, 2.05) is 0 Å². The Hall–Kier alpha value is -0.770. The number of halogens is 1. The molecular formula is C5H4BrNO2. The molecule has 0 unspecified atom stereocenters. The van der Waals surface area contributed by atoms with Gasteiger partial charge in [-0.25, -0.2) is 4.98 Å². The van der Waals surface area contributed by atoms with Crippen LogP contribution in [0.2, 0.25) is 0 Å². The van der Waals surface area contributed by atoms with E-state index in [9.17, 15) is 0 Å². The normalized spacial score (nSPS) is 9.44. The van der Waals surface area contributed by atoms with E-state index >= 15 is 0 Å². The van der Waals surface area contributed by atoms with Crippen molar-refractivity contribution in [3.05, 3.63) is 16.9 Å². The van der Waals surface area contributed by atoms with E-state index in [-0.39, 0.29) is 11.5 Å². The van der Waals surface area contributed by atoms with Crippen LogP contribution in [-0.4, -0.2) is 15.2 Å².